The van der Waals surface area contributed by atoms with Gasteiger partial charge in [0.1, 0.15) is 0 Å². The Morgan fingerprint density at radius 2 is 1.62 bits per heavy atom. The Morgan fingerprint density at radius 3 is 2.19 bits per heavy atom. The second-order valence-electron chi connectivity index (χ2n) is 9.35. The van der Waals surface area contributed by atoms with Crippen molar-refractivity contribution in [2.75, 3.05) is 6.54 Å². The van der Waals surface area contributed by atoms with Crippen molar-refractivity contribution in [3.63, 3.8) is 0 Å². The predicted octanol–water partition coefficient (Wildman–Crippen LogP) is 5.64. The standard InChI is InChI=1S/C20H39N/c1-15(2)21-14-17-10-11-19(20(3,4)5)13-18(17)12-16-8-6-7-9-16/h15-19,21H,6-14H2,1-5H3. The molecule has 0 bridgehead atoms. The molecule has 124 valence electrons. The molecule has 3 atom stereocenters. The molecule has 0 aromatic rings. The Labute approximate surface area is 133 Å². The van der Waals surface area contributed by atoms with E-state index in [1.807, 2.05) is 0 Å². The third-order valence-electron chi connectivity index (χ3n) is 6.26. The summed E-state index contributed by atoms with van der Waals surface area (Å²) in [4.78, 5) is 0. The second kappa shape index (κ2) is 7.49. The van der Waals surface area contributed by atoms with E-state index < -0.39 is 0 Å². The van der Waals surface area contributed by atoms with Crippen LogP contribution in [0.25, 0.3) is 0 Å². The van der Waals surface area contributed by atoms with E-state index >= 15 is 0 Å². The molecule has 2 fully saturated rings. The summed E-state index contributed by atoms with van der Waals surface area (Å²) in [5.74, 6) is 3.92. The molecular formula is C20H39N. The van der Waals surface area contributed by atoms with Gasteiger partial charge in [0, 0.05) is 6.04 Å². The van der Waals surface area contributed by atoms with Crippen LogP contribution in [0.4, 0.5) is 0 Å². The summed E-state index contributed by atoms with van der Waals surface area (Å²) in [6, 6.07) is 0.637. The van der Waals surface area contributed by atoms with Crippen molar-refractivity contribution >= 4 is 0 Å². The van der Waals surface area contributed by atoms with E-state index in [-0.39, 0.29) is 0 Å². The summed E-state index contributed by atoms with van der Waals surface area (Å²) >= 11 is 0. The lowest BCUT2D eigenvalue weighted by atomic mass is 9.63. The first-order chi connectivity index (χ1) is 9.86. The molecule has 2 rings (SSSR count). The molecule has 2 saturated carbocycles. The first-order valence-electron chi connectivity index (χ1n) is 9.59. The molecular weight excluding hydrogens is 254 g/mol. The first-order valence-corrected chi connectivity index (χ1v) is 9.59. The second-order valence-corrected chi connectivity index (χ2v) is 9.35. The van der Waals surface area contributed by atoms with Crippen LogP contribution in [0.5, 0.6) is 0 Å². The summed E-state index contributed by atoms with van der Waals surface area (Å²) in [5, 5.41) is 3.72. The van der Waals surface area contributed by atoms with Gasteiger partial charge in [0.05, 0.1) is 0 Å². The van der Waals surface area contributed by atoms with Gasteiger partial charge < -0.3 is 5.32 Å². The lowest BCUT2D eigenvalue weighted by Crippen LogP contribution is -2.39. The van der Waals surface area contributed by atoms with Crippen molar-refractivity contribution in [3.05, 3.63) is 0 Å². The zero-order valence-corrected chi connectivity index (χ0v) is 15.3. The normalized spacial score (nSPS) is 32.0. The van der Waals surface area contributed by atoms with E-state index in [1.165, 1.54) is 57.9 Å². The molecule has 0 radical (unpaired) electrons. The summed E-state index contributed by atoms with van der Waals surface area (Å²) in [7, 11) is 0. The Hall–Kier alpha value is -0.0400. The van der Waals surface area contributed by atoms with Gasteiger partial charge in [-0.25, -0.2) is 0 Å². The summed E-state index contributed by atoms with van der Waals surface area (Å²) in [6.07, 6.45) is 11.9. The van der Waals surface area contributed by atoms with Gasteiger partial charge in [0.2, 0.25) is 0 Å². The Balaban J connectivity index is 1.94. The summed E-state index contributed by atoms with van der Waals surface area (Å²) in [6.45, 7) is 13.2. The molecule has 0 heterocycles. The van der Waals surface area contributed by atoms with Crippen molar-refractivity contribution in [1.82, 2.24) is 5.32 Å². The molecule has 0 aromatic heterocycles. The van der Waals surface area contributed by atoms with Crippen LogP contribution in [0.1, 0.15) is 86.0 Å². The van der Waals surface area contributed by atoms with Gasteiger partial charge in [0.25, 0.3) is 0 Å². The van der Waals surface area contributed by atoms with Crippen LogP contribution in [-0.4, -0.2) is 12.6 Å². The van der Waals surface area contributed by atoms with Crippen LogP contribution in [0.2, 0.25) is 0 Å². The van der Waals surface area contributed by atoms with E-state index in [0.717, 1.165) is 23.7 Å². The number of hydrogen-bond donors (Lipinski definition) is 1. The van der Waals surface area contributed by atoms with Crippen LogP contribution in [0, 0.1) is 29.1 Å². The van der Waals surface area contributed by atoms with E-state index in [2.05, 4.69) is 39.9 Å². The van der Waals surface area contributed by atoms with Crippen molar-refractivity contribution in [1.29, 1.82) is 0 Å². The summed E-state index contributed by atoms with van der Waals surface area (Å²) in [5.41, 5.74) is 0.504. The molecule has 1 N–H and O–H groups in total. The maximum absolute atomic E-state index is 3.72. The van der Waals surface area contributed by atoms with Gasteiger partial charge in [-0.3, -0.25) is 0 Å². The average Bonchev–Trinajstić information content (AvgIpc) is 2.88. The number of rotatable bonds is 5. The zero-order valence-electron chi connectivity index (χ0n) is 15.3. The summed E-state index contributed by atoms with van der Waals surface area (Å²) < 4.78 is 0. The largest absolute Gasteiger partial charge is 0.314 e. The molecule has 2 aliphatic carbocycles. The molecule has 0 saturated heterocycles. The Bertz CT molecular complexity index is 295. The fourth-order valence-corrected chi connectivity index (χ4v) is 4.73. The molecule has 3 unspecified atom stereocenters. The van der Waals surface area contributed by atoms with Gasteiger partial charge in [-0.15, -0.1) is 0 Å². The minimum atomic E-state index is 0.504. The highest BCUT2D eigenvalue weighted by Gasteiger charge is 2.36. The number of hydrogen-bond acceptors (Lipinski definition) is 1. The third kappa shape index (κ3) is 5.27. The maximum Gasteiger partial charge on any atom is 0.00104 e. The van der Waals surface area contributed by atoms with Crippen molar-refractivity contribution in [2.45, 2.75) is 92.0 Å². The molecule has 2 aliphatic rings. The van der Waals surface area contributed by atoms with E-state index in [9.17, 15) is 0 Å². The van der Waals surface area contributed by atoms with Crippen LogP contribution in [0.3, 0.4) is 0 Å². The fourth-order valence-electron chi connectivity index (χ4n) is 4.73. The van der Waals surface area contributed by atoms with Gasteiger partial charge in [-0.05, 0) is 61.3 Å². The molecule has 0 amide bonds. The fraction of sp³-hybridized carbons (Fsp3) is 1.00. The predicted molar refractivity (Wildman–Crippen MR) is 93.5 cm³/mol. The lowest BCUT2D eigenvalue weighted by molar-refractivity contribution is 0.0823. The van der Waals surface area contributed by atoms with Gasteiger partial charge in [0.15, 0.2) is 0 Å². The molecule has 0 spiro atoms. The number of nitrogens with one attached hydrogen (secondary N) is 1. The molecule has 1 nitrogen and oxygen atoms in total. The maximum atomic E-state index is 3.72. The third-order valence-corrected chi connectivity index (χ3v) is 6.26. The van der Waals surface area contributed by atoms with Crippen LogP contribution >= 0.6 is 0 Å². The van der Waals surface area contributed by atoms with Crippen LogP contribution < -0.4 is 5.32 Å². The first kappa shape index (κ1) is 17.3. The van der Waals surface area contributed by atoms with E-state index in [4.69, 9.17) is 0 Å². The highest BCUT2D eigenvalue weighted by atomic mass is 14.9. The molecule has 0 aromatic carbocycles. The van der Waals surface area contributed by atoms with Crippen molar-refractivity contribution in [2.24, 2.45) is 29.1 Å². The minimum absolute atomic E-state index is 0.504. The van der Waals surface area contributed by atoms with Crippen molar-refractivity contribution < 1.29 is 0 Å². The SMILES string of the molecule is CC(C)NCC1CCC(C(C)(C)C)CC1CC1CCCC1. The zero-order chi connectivity index (χ0) is 15.5. The quantitative estimate of drug-likeness (QED) is 0.691. The molecule has 1 heteroatoms. The van der Waals surface area contributed by atoms with Gasteiger partial charge in [-0.1, -0.05) is 60.3 Å². The molecule has 21 heavy (non-hydrogen) atoms. The Morgan fingerprint density at radius 1 is 0.952 bits per heavy atom. The smallest absolute Gasteiger partial charge is 0.00104 e. The van der Waals surface area contributed by atoms with E-state index in [0.29, 0.717) is 11.5 Å². The average molecular weight is 294 g/mol. The minimum Gasteiger partial charge on any atom is -0.314 e. The Kier molecular flexibility index (Phi) is 6.17. The lowest BCUT2D eigenvalue weighted by Gasteiger charge is -2.43. The highest BCUT2D eigenvalue weighted by Crippen LogP contribution is 2.46. The van der Waals surface area contributed by atoms with Crippen LogP contribution in [-0.2, 0) is 0 Å². The van der Waals surface area contributed by atoms with Crippen LogP contribution in [0.15, 0.2) is 0 Å². The van der Waals surface area contributed by atoms with Crippen molar-refractivity contribution in [3.8, 4) is 0 Å². The van der Waals surface area contributed by atoms with Gasteiger partial charge in [-0.2, -0.15) is 0 Å². The molecule has 0 aliphatic heterocycles. The van der Waals surface area contributed by atoms with Gasteiger partial charge >= 0.3 is 0 Å². The highest BCUT2D eigenvalue weighted by molar-refractivity contribution is 4.88. The topological polar surface area (TPSA) is 12.0 Å². The van der Waals surface area contributed by atoms with E-state index in [1.54, 1.807) is 0 Å². The monoisotopic (exact) mass is 293 g/mol.